The zero-order valence-electron chi connectivity index (χ0n) is 12.4. The largest absolute Gasteiger partial charge is 0.481 e. The number of aliphatic carboxylic acids is 1. The van der Waals surface area contributed by atoms with Crippen molar-refractivity contribution in [2.75, 3.05) is 13.1 Å². The number of aryl methyl sites for hydroxylation is 2. The minimum Gasteiger partial charge on any atom is -0.481 e. The first-order chi connectivity index (χ1) is 9.86. The summed E-state index contributed by atoms with van der Waals surface area (Å²) in [5, 5.41) is 8.97. The number of fused-ring (bicyclic) bond motifs is 1. The predicted molar refractivity (Wildman–Crippen MR) is 79.7 cm³/mol. The van der Waals surface area contributed by atoms with Gasteiger partial charge in [0.15, 0.2) is 0 Å². The molecule has 5 nitrogen and oxygen atoms in total. The molecule has 1 aliphatic rings. The van der Waals surface area contributed by atoms with Crippen molar-refractivity contribution in [1.29, 1.82) is 0 Å². The number of hydrogen-bond donors (Lipinski definition) is 1. The van der Waals surface area contributed by atoms with Crippen molar-refractivity contribution in [2.45, 2.75) is 38.0 Å². The van der Waals surface area contributed by atoms with Crippen molar-refractivity contribution < 1.29 is 18.3 Å². The fraction of sp³-hybridized carbons (Fsp3) is 0.533. The van der Waals surface area contributed by atoms with Gasteiger partial charge in [-0.3, -0.25) is 4.79 Å². The Hall–Kier alpha value is -1.40. The highest BCUT2D eigenvalue weighted by atomic mass is 32.2. The molecule has 0 amide bonds. The van der Waals surface area contributed by atoms with Crippen LogP contribution >= 0.6 is 0 Å². The number of carboxylic acid groups (broad SMARTS) is 1. The second kappa shape index (κ2) is 6.15. The first-order valence-electron chi connectivity index (χ1n) is 7.21. The molecule has 0 spiro atoms. The Labute approximate surface area is 125 Å². The number of benzene rings is 1. The average molecular weight is 311 g/mol. The maximum atomic E-state index is 12.7. The van der Waals surface area contributed by atoms with Crippen LogP contribution in [0.2, 0.25) is 0 Å². The molecule has 0 aliphatic heterocycles. The fourth-order valence-corrected chi connectivity index (χ4v) is 4.23. The normalized spacial score (nSPS) is 16.0. The van der Waals surface area contributed by atoms with E-state index in [0.717, 1.165) is 24.8 Å². The molecule has 116 valence electrons. The van der Waals surface area contributed by atoms with Gasteiger partial charge in [0.25, 0.3) is 0 Å². The highest BCUT2D eigenvalue weighted by Crippen LogP contribution is 2.26. The molecular formula is C15H21NO4S. The van der Waals surface area contributed by atoms with Crippen LogP contribution in [0.15, 0.2) is 23.1 Å². The van der Waals surface area contributed by atoms with Crippen molar-refractivity contribution in [3.05, 3.63) is 29.3 Å². The molecule has 2 rings (SSSR count). The third kappa shape index (κ3) is 3.27. The molecule has 1 aromatic carbocycles. The zero-order valence-corrected chi connectivity index (χ0v) is 13.2. The Balaban J connectivity index is 2.29. The standard InChI is InChI=1S/C15H21NO4S/c1-3-16(10-11(2)15(17)18)21(19,20)14-8-7-12-5-4-6-13(12)9-14/h7-9,11H,3-6,10H2,1-2H3,(H,17,18). The minimum atomic E-state index is -3.63. The van der Waals surface area contributed by atoms with E-state index < -0.39 is 21.9 Å². The molecule has 0 saturated carbocycles. The summed E-state index contributed by atoms with van der Waals surface area (Å²) in [6.07, 6.45) is 2.98. The summed E-state index contributed by atoms with van der Waals surface area (Å²) in [5.74, 6) is -1.72. The van der Waals surface area contributed by atoms with Crippen LogP contribution in [-0.2, 0) is 27.7 Å². The van der Waals surface area contributed by atoms with Gasteiger partial charge in [-0.1, -0.05) is 19.9 Å². The number of nitrogens with zero attached hydrogens (tertiary/aromatic N) is 1. The molecule has 1 N–H and O–H groups in total. The number of carboxylic acids is 1. The Kier molecular flexibility index (Phi) is 4.68. The summed E-state index contributed by atoms with van der Waals surface area (Å²) in [7, 11) is -3.63. The molecule has 0 aromatic heterocycles. The molecule has 1 aliphatic carbocycles. The highest BCUT2D eigenvalue weighted by molar-refractivity contribution is 7.89. The first-order valence-corrected chi connectivity index (χ1v) is 8.65. The van der Waals surface area contributed by atoms with Gasteiger partial charge in [-0.2, -0.15) is 4.31 Å². The van der Waals surface area contributed by atoms with Crippen molar-refractivity contribution >= 4 is 16.0 Å². The van der Waals surface area contributed by atoms with E-state index in [1.165, 1.54) is 16.8 Å². The topological polar surface area (TPSA) is 74.7 Å². The van der Waals surface area contributed by atoms with E-state index in [2.05, 4.69) is 0 Å². The summed E-state index contributed by atoms with van der Waals surface area (Å²) in [5.41, 5.74) is 2.31. The van der Waals surface area contributed by atoms with Crippen molar-refractivity contribution in [2.24, 2.45) is 5.92 Å². The molecule has 21 heavy (non-hydrogen) atoms. The summed E-state index contributed by atoms with van der Waals surface area (Å²) in [6, 6.07) is 5.25. The van der Waals surface area contributed by atoms with Crippen LogP contribution in [0.25, 0.3) is 0 Å². The zero-order chi connectivity index (χ0) is 15.6. The van der Waals surface area contributed by atoms with Crippen LogP contribution in [0.3, 0.4) is 0 Å². The molecule has 1 aromatic rings. The van der Waals surface area contributed by atoms with Gasteiger partial charge in [0, 0.05) is 13.1 Å². The monoisotopic (exact) mass is 311 g/mol. The summed E-state index contributed by atoms with van der Waals surface area (Å²) < 4.78 is 26.5. The Morgan fingerprint density at radius 1 is 1.33 bits per heavy atom. The van der Waals surface area contributed by atoms with E-state index in [0.29, 0.717) is 0 Å². The second-order valence-corrected chi connectivity index (χ2v) is 7.42. The van der Waals surface area contributed by atoms with Gasteiger partial charge in [0.1, 0.15) is 0 Å². The molecule has 0 fully saturated rings. The quantitative estimate of drug-likeness (QED) is 0.871. The van der Waals surface area contributed by atoms with Crippen molar-refractivity contribution in [3.8, 4) is 0 Å². The Morgan fingerprint density at radius 3 is 2.62 bits per heavy atom. The van der Waals surface area contributed by atoms with E-state index in [9.17, 15) is 13.2 Å². The smallest absolute Gasteiger partial charge is 0.307 e. The summed E-state index contributed by atoms with van der Waals surface area (Å²) in [6.45, 7) is 3.49. The molecular weight excluding hydrogens is 290 g/mol. The van der Waals surface area contributed by atoms with Crippen LogP contribution in [0, 0.1) is 5.92 Å². The first kappa shape index (κ1) is 16.0. The predicted octanol–water partition coefficient (Wildman–Crippen LogP) is 1.91. The van der Waals surface area contributed by atoms with E-state index in [1.807, 2.05) is 6.07 Å². The maximum Gasteiger partial charge on any atom is 0.307 e. The maximum absolute atomic E-state index is 12.7. The fourth-order valence-electron chi connectivity index (χ4n) is 2.64. The van der Waals surface area contributed by atoms with Crippen LogP contribution in [-0.4, -0.2) is 36.9 Å². The van der Waals surface area contributed by atoms with Crippen molar-refractivity contribution in [1.82, 2.24) is 4.31 Å². The van der Waals surface area contributed by atoms with Crippen molar-refractivity contribution in [3.63, 3.8) is 0 Å². The van der Waals surface area contributed by atoms with Gasteiger partial charge < -0.3 is 5.11 Å². The third-order valence-corrected chi connectivity index (χ3v) is 5.90. The van der Waals surface area contributed by atoms with Gasteiger partial charge in [-0.25, -0.2) is 8.42 Å². The lowest BCUT2D eigenvalue weighted by molar-refractivity contribution is -0.141. The van der Waals surface area contributed by atoms with Crippen LogP contribution in [0.1, 0.15) is 31.4 Å². The van der Waals surface area contributed by atoms with Crippen LogP contribution < -0.4 is 0 Å². The highest BCUT2D eigenvalue weighted by Gasteiger charge is 2.27. The van der Waals surface area contributed by atoms with Gasteiger partial charge in [0.05, 0.1) is 10.8 Å². The molecule has 1 atom stereocenters. The number of carbonyl (C=O) groups is 1. The van der Waals surface area contributed by atoms with E-state index in [4.69, 9.17) is 5.11 Å². The Morgan fingerprint density at radius 2 is 2.00 bits per heavy atom. The molecule has 0 bridgehead atoms. The van der Waals surface area contributed by atoms with Crippen LogP contribution in [0.4, 0.5) is 0 Å². The van der Waals surface area contributed by atoms with Crippen LogP contribution in [0.5, 0.6) is 0 Å². The SMILES string of the molecule is CCN(CC(C)C(=O)O)S(=O)(=O)c1ccc2c(c1)CCC2. The molecule has 0 radical (unpaired) electrons. The van der Waals surface area contributed by atoms with Gasteiger partial charge in [0.2, 0.25) is 10.0 Å². The lowest BCUT2D eigenvalue weighted by Crippen LogP contribution is -2.36. The lowest BCUT2D eigenvalue weighted by atomic mass is 10.1. The van der Waals surface area contributed by atoms with Gasteiger partial charge in [-0.15, -0.1) is 0 Å². The second-order valence-electron chi connectivity index (χ2n) is 5.48. The number of sulfonamides is 1. The molecule has 1 unspecified atom stereocenters. The molecule has 0 saturated heterocycles. The molecule has 6 heteroatoms. The van der Waals surface area contributed by atoms with E-state index in [-0.39, 0.29) is 18.0 Å². The van der Waals surface area contributed by atoms with E-state index >= 15 is 0 Å². The minimum absolute atomic E-state index is 0.00868. The van der Waals surface area contributed by atoms with Gasteiger partial charge >= 0.3 is 5.97 Å². The molecule has 0 heterocycles. The van der Waals surface area contributed by atoms with Gasteiger partial charge in [-0.05, 0) is 42.5 Å². The lowest BCUT2D eigenvalue weighted by Gasteiger charge is -2.22. The third-order valence-electron chi connectivity index (χ3n) is 3.96. The summed E-state index contributed by atoms with van der Waals surface area (Å²) >= 11 is 0. The Bertz CT molecular complexity index is 639. The van der Waals surface area contributed by atoms with E-state index in [1.54, 1.807) is 19.1 Å². The number of rotatable bonds is 6. The average Bonchev–Trinajstić information content (AvgIpc) is 2.91. The number of hydrogen-bond acceptors (Lipinski definition) is 3. The summed E-state index contributed by atoms with van der Waals surface area (Å²) in [4.78, 5) is 11.2.